The third-order valence-corrected chi connectivity index (χ3v) is 5.02. The Morgan fingerprint density at radius 1 is 1.30 bits per heavy atom. The zero-order chi connectivity index (χ0) is 13.9. The first-order valence-corrected chi connectivity index (χ1v) is 8.21. The molecule has 2 N–H and O–H groups in total. The number of amides is 1. The normalized spacial score (nSPS) is 39.0. The van der Waals surface area contributed by atoms with Crippen LogP contribution in [0.25, 0.3) is 0 Å². The van der Waals surface area contributed by atoms with Gasteiger partial charge in [-0.3, -0.25) is 4.79 Å². The Labute approximate surface area is 125 Å². The second-order valence-electron chi connectivity index (χ2n) is 6.15. The van der Waals surface area contributed by atoms with Gasteiger partial charge in [0.15, 0.2) is 0 Å². The molecule has 20 heavy (non-hydrogen) atoms. The van der Waals surface area contributed by atoms with Gasteiger partial charge in [-0.2, -0.15) is 0 Å². The van der Waals surface area contributed by atoms with E-state index in [2.05, 4.69) is 15.8 Å². The van der Waals surface area contributed by atoms with Crippen LogP contribution in [0.3, 0.4) is 0 Å². The van der Waals surface area contributed by atoms with Gasteiger partial charge in [0.2, 0.25) is 5.91 Å². The highest BCUT2D eigenvalue weighted by Gasteiger charge is 2.33. The first-order valence-electron chi connectivity index (χ1n) is 7.77. The Morgan fingerprint density at radius 3 is 2.95 bits per heavy atom. The molecule has 0 bridgehead atoms. The summed E-state index contributed by atoms with van der Waals surface area (Å²) in [6.07, 6.45) is 6.46. The molecule has 0 radical (unpaired) electrons. The molecule has 1 saturated carbocycles. The summed E-state index contributed by atoms with van der Waals surface area (Å²) in [5, 5.41) is 5.68. The van der Waals surface area contributed by atoms with Crippen LogP contribution in [0.1, 0.15) is 38.5 Å². The number of carbonyl (C=O) groups excluding carboxylic acids is 1. The summed E-state index contributed by atoms with van der Waals surface area (Å²) >= 11 is 6.26. The molecule has 2 aliphatic heterocycles. The number of nitrogens with zero attached hydrogens (tertiary/aromatic N) is 1. The van der Waals surface area contributed by atoms with Gasteiger partial charge in [-0.05, 0) is 32.1 Å². The Bertz CT molecular complexity index is 349. The van der Waals surface area contributed by atoms with Crippen LogP contribution in [0.5, 0.6) is 0 Å². The minimum absolute atomic E-state index is 0.0350. The number of halogens is 1. The lowest BCUT2D eigenvalue weighted by Gasteiger charge is -2.33. The molecule has 5 nitrogen and oxygen atoms in total. The van der Waals surface area contributed by atoms with E-state index in [4.69, 9.17) is 16.3 Å². The van der Waals surface area contributed by atoms with Crippen LogP contribution in [-0.2, 0) is 9.53 Å². The van der Waals surface area contributed by atoms with Crippen molar-refractivity contribution in [2.75, 3.05) is 19.8 Å². The third-order valence-electron chi connectivity index (χ3n) is 4.62. The summed E-state index contributed by atoms with van der Waals surface area (Å²) in [4.78, 5) is 12.1. The molecule has 1 aliphatic carbocycles. The Morgan fingerprint density at radius 2 is 2.20 bits per heavy atom. The highest BCUT2D eigenvalue weighted by atomic mass is 35.5. The van der Waals surface area contributed by atoms with Crippen molar-refractivity contribution in [1.82, 2.24) is 15.8 Å². The Balaban J connectivity index is 1.45. The molecule has 1 amide bonds. The van der Waals surface area contributed by atoms with Crippen molar-refractivity contribution in [3.8, 4) is 0 Å². The van der Waals surface area contributed by atoms with E-state index in [0.717, 1.165) is 32.2 Å². The molecule has 4 atom stereocenters. The fourth-order valence-corrected chi connectivity index (χ4v) is 3.77. The monoisotopic (exact) mass is 301 g/mol. The molecule has 0 aromatic carbocycles. The lowest BCUT2D eigenvalue weighted by atomic mass is 9.94. The molecule has 2 heterocycles. The average Bonchev–Trinajstić information content (AvgIpc) is 3.10. The highest BCUT2D eigenvalue weighted by Crippen LogP contribution is 2.27. The van der Waals surface area contributed by atoms with Gasteiger partial charge in [-0.15, -0.1) is 11.6 Å². The largest absolute Gasteiger partial charge is 0.381 e. The summed E-state index contributed by atoms with van der Waals surface area (Å²) in [6.45, 7) is 2.26. The maximum absolute atomic E-state index is 12.1. The maximum atomic E-state index is 12.1. The number of hydrogen-bond donors (Lipinski definition) is 2. The van der Waals surface area contributed by atoms with E-state index in [0.29, 0.717) is 24.6 Å². The molecular weight excluding hydrogens is 278 g/mol. The van der Waals surface area contributed by atoms with Crippen LogP contribution in [0, 0.1) is 5.92 Å². The minimum Gasteiger partial charge on any atom is -0.381 e. The first-order chi connectivity index (χ1) is 9.72. The van der Waals surface area contributed by atoms with Gasteiger partial charge in [0, 0.05) is 24.6 Å². The van der Waals surface area contributed by atoms with E-state index in [1.807, 2.05) is 0 Å². The van der Waals surface area contributed by atoms with E-state index < -0.39 is 0 Å². The van der Waals surface area contributed by atoms with Crippen molar-refractivity contribution >= 4 is 17.5 Å². The molecule has 0 aromatic rings. The number of nitrogens with one attached hydrogen (secondary N) is 2. The Kier molecular flexibility index (Phi) is 4.81. The molecule has 3 rings (SSSR count). The first kappa shape index (κ1) is 14.6. The SMILES string of the molecule is O=C(NC1CCN(C2CCCC(Cl)C2)N1)C1CCOC1. The van der Waals surface area contributed by atoms with Crippen LogP contribution in [0.4, 0.5) is 0 Å². The van der Waals surface area contributed by atoms with Crippen LogP contribution < -0.4 is 10.7 Å². The quantitative estimate of drug-likeness (QED) is 0.770. The Hall–Kier alpha value is -0.360. The van der Waals surface area contributed by atoms with Gasteiger partial charge in [-0.1, -0.05) is 6.42 Å². The minimum atomic E-state index is 0.0350. The average molecular weight is 302 g/mol. The van der Waals surface area contributed by atoms with E-state index in [9.17, 15) is 4.79 Å². The smallest absolute Gasteiger partial charge is 0.226 e. The predicted molar refractivity (Wildman–Crippen MR) is 77.2 cm³/mol. The molecule has 3 fully saturated rings. The summed E-state index contributed by atoms with van der Waals surface area (Å²) < 4.78 is 5.26. The zero-order valence-corrected chi connectivity index (χ0v) is 12.6. The molecule has 0 aromatic heterocycles. The van der Waals surface area contributed by atoms with Crippen molar-refractivity contribution in [3.05, 3.63) is 0 Å². The number of hydrazine groups is 1. The zero-order valence-electron chi connectivity index (χ0n) is 11.8. The van der Waals surface area contributed by atoms with Crippen molar-refractivity contribution < 1.29 is 9.53 Å². The van der Waals surface area contributed by atoms with Crippen LogP contribution in [-0.4, -0.2) is 48.3 Å². The fourth-order valence-electron chi connectivity index (χ4n) is 3.41. The van der Waals surface area contributed by atoms with Crippen LogP contribution in [0.15, 0.2) is 0 Å². The van der Waals surface area contributed by atoms with E-state index in [1.54, 1.807) is 0 Å². The van der Waals surface area contributed by atoms with Crippen LogP contribution >= 0.6 is 11.6 Å². The predicted octanol–water partition coefficient (Wildman–Crippen LogP) is 1.23. The molecule has 0 spiro atoms. The fraction of sp³-hybridized carbons (Fsp3) is 0.929. The van der Waals surface area contributed by atoms with Crippen molar-refractivity contribution in [3.63, 3.8) is 0 Å². The van der Waals surface area contributed by atoms with E-state index >= 15 is 0 Å². The molecule has 6 heteroatoms. The number of alkyl halides is 1. The van der Waals surface area contributed by atoms with Gasteiger partial charge < -0.3 is 10.1 Å². The molecule has 114 valence electrons. The lowest BCUT2D eigenvalue weighted by Crippen LogP contribution is -2.51. The van der Waals surface area contributed by atoms with Crippen molar-refractivity contribution in [1.29, 1.82) is 0 Å². The summed E-state index contributed by atoms with van der Waals surface area (Å²) in [7, 11) is 0. The summed E-state index contributed by atoms with van der Waals surface area (Å²) in [5.74, 6) is 0.161. The number of rotatable bonds is 3. The van der Waals surface area contributed by atoms with Gasteiger partial charge in [0.25, 0.3) is 0 Å². The third kappa shape index (κ3) is 3.45. The summed E-state index contributed by atoms with van der Waals surface area (Å²) in [6, 6.07) is 0.517. The molecule has 2 saturated heterocycles. The van der Waals surface area contributed by atoms with Crippen LogP contribution in [0.2, 0.25) is 0 Å². The van der Waals surface area contributed by atoms with Gasteiger partial charge in [0.1, 0.15) is 0 Å². The maximum Gasteiger partial charge on any atom is 0.226 e. The number of carbonyl (C=O) groups is 1. The molecular formula is C14H24ClN3O2. The second-order valence-corrected chi connectivity index (χ2v) is 6.77. The second kappa shape index (κ2) is 6.60. The van der Waals surface area contributed by atoms with E-state index in [1.165, 1.54) is 12.8 Å². The highest BCUT2D eigenvalue weighted by molar-refractivity contribution is 6.20. The standard InChI is InChI=1S/C14H24ClN3O2/c15-11-2-1-3-12(8-11)18-6-4-13(17-18)16-14(19)10-5-7-20-9-10/h10-13,17H,1-9H2,(H,16,19). The number of ether oxygens (including phenoxy) is 1. The van der Waals surface area contributed by atoms with Crippen molar-refractivity contribution in [2.45, 2.75) is 56.1 Å². The van der Waals surface area contributed by atoms with Gasteiger partial charge in [-0.25, -0.2) is 10.4 Å². The number of hydrogen-bond acceptors (Lipinski definition) is 4. The van der Waals surface area contributed by atoms with Gasteiger partial charge >= 0.3 is 0 Å². The lowest BCUT2D eigenvalue weighted by molar-refractivity contribution is -0.126. The topological polar surface area (TPSA) is 53.6 Å². The summed E-state index contributed by atoms with van der Waals surface area (Å²) in [5.41, 5.74) is 3.44. The van der Waals surface area contributed by atoms with Gasteiger partial charge in [0.05, 0.1) is 18.7 Å². The molecule has 4 unspecified atom stereocenters. The molecule has 3 aliphatic rings. The van der Waals surface area contributed by atoms with E-state index in [-0.39, 0.29) is 18.0 Å². The van der Waals surface area contributed by atoms with Crippen molar-refractivity contribution in [2.24, 2.45) is 5.92 Å².